The lowest BCUT2D eigenvalue weighted by molar-refractivity contribution is -0.121. The Kier molecular flexibility index (Phi) is 7.75. The Bertz CT molecular complexity index is 610. The minimum atomic E-state index is 0.0404. The van der Waals surface area contributed by atoms with Gasteiger partial charge in [-0.1, -0.05) is 18.2 Å². The van der Waals surface area contributed by atoms with E-state index in [9.17, 15) is 4.79 Å². The van der Waals surface area contributed by atoms with Crippen molar-refractivity contribution in [1.82, 2.24) is 15.5 Å². The van der Waals surface area contributed by atoms with Crippen molar-refractivity contribution >= 4 is 11.9 Å². The topological polar surface area (TPSA) is 66.0 Å². The molecule has 2 N–H and O–H groups in total. The molecule has 1 saturated heterocycles. The van der Waals surface area contributed by atoms with Gasteiger partial charge >= 0.3 is 0 Å². The molecule has 1 aromatic rings. The van der Waals surface area contributed by atoms with Crippen molar-refractivity contribution in [2.45, 2.75) is 39.2 Å². The third-order valence-corrected chi connectivity index (χ3v) is 4.85. The molecule has 0 aromatic heterocycles. The second kappa shape index (κ2) is 10.0. The maximum Gasteiger partial charge on any atom is 0.220 e. The molecule has 1 aliphatic heterocycles. The van der Waals surface area contributed by atoms with Crippen LogP contribution in [0.4, 0.5) is 0 Å². The maximum absolute atomic E-state index is 11.5. The number of ether oxygens (including phenoxy) is 1. The monoisotopic (exact) mass is 360 g/mol. The Morgan fingerprint density at radius 3 is 2.65 bits per heavy atom. The minimum Gasteiger partial charge on any atom is -0.489 e. The fraction of sp³-hybridized carbons (Fsp3) is 0.600. The Morgan fingerprint density at radius 2 is 2.04 bits per heavy atom. The molecule has 1 aliphatic rings. The predicted octanol–water partition coefficient (Wildman–Crippen LogP) is 2.19. The molecule has 1 aromatic carbocycles. The maximum atomic E-state index is 11.5. The van der Waals surface area contributed by atoms with Crippen LogP contribution in [0, 0.1) is 12.8 Å². The lowest BCUT2D eigenvalue weighted by Gasteiger charge is -2.34. The van der Waals surface area contributed by atoms with Gasteiger partial charge < -0.3 is 20.3 Å². The van der Waals surface area contributed by atoms with E-state index in [2.05, 4.69) is 40.4 Å². The van der Waals surface area contributed by atoms with Crippen molar-refractivity contribution in [2.75, 3.05) is 33.7 Å². The highest BCUT2D eigenvalue weighted by atomic mass is 16.5. The normalized spacial score (nSPS) is 16.9. The van der Waals surface area contributed by atoms with E-state index in [-0.39, 0.29) is 12.0 Å². The fourth-order valence-electron chi connectivity index (χ4n) is 3.23. The van der Waals surface area contributed by atoms with E-state index in [4.69, 9.17) is 4.74 Å². The molecule has 0 spiro atoms. The van der Waals surface area contributed by atoms with Gasteiger partial charge in [0.2, 0.25) is 5.91 Å². The Labute approximate surface area is 157 Å². The highest BCUT2D eigenvalue weighted by Gasteiger charge is 2.23. The molecule has 6 nitrogen and oxygen atoms in total. The minimum absolute atomic E-state index is 0.0404. The second-order valence-corrected chi connectivity index (χ2v) is 6.93. The third-order valence-electron chi connectivity index (χ3n) is 4.85. The fourth-order valence-corrected chi connectivity index (χ4v) is 3.23. The molecule has 1 unspecified atom stereocenters. The summed E-state index contributed by atoms with van der Waals surface area (Å²) in [5.41, 5.74) is 1.14. The van der Waals surface area contributed by atoms with E-state index >= 15 is 0 Å². The number of hydrogen-bond acceptors (Lipinski definition) is 3. The number of benzene rings is 1. The highest BCUT2D eigenvalue weighted by molar-refractivity contribution is 5.80. The van der Waals surface area contributed by atoms with E-state index in [1.54, 1.807) is 7.05 Å². The number of nitrogens with zero attached hydrogens (tertiary/aromatic N) is 2. The summed E-state index contributed by atoms with van der Waals surface area (Å²) in [6.07, 6.45) is 2.70. The summed E-state index contributed by atoms with van der Waals surface area (Å²) in [5.74, 6) is 2.43. The van der Waals surface area contributed by atoms with Crippen LogP contribution in [0.2, 0.25) is 0 Å². The van der Waals surface area contributed by atoms with Gasteiger partial charge in [0, 0.05) is 33.6 Å². The molecule has 0 aliphatic carbocycles. The molecule has 6 heteroatoms. The Morgan fingerprint density at radius 1 is 1.35 bits per heavy atom. The Balaban J connectivity index is 1.77. The molecule has 1 fully saturated rings. The first-order valence-corrected chi connectivity index (χ1v) is 9.42. The number of aryl methyl sites for hydroxylation is 1. The van der Waals surface area contributed by atoms with Gasteiger partial charge in [0.05, 0.1) is 6.54 Å². The van der Waals surface area contributed by atoms with Crippen molar-refractivity contribution in [3.8, 4) is 5.75 Å². The lowest BCUT2D eigenvalue weighted by atomic mass is 9.93. The van der Waals surface area contributed by atoms with Crippen LogP contribution in [0.1, 0.15) is 31.7 Å². The molecule has 26 heavy (non-hydrogen) atoms. The summed E-state index contributed by atoms with van der Waals surface area (Å²) in [5, 5.41) is 6.13. The van der Waals surface area contributed by atoms with Crippen molar-refractivity contribution in [2.24, 2.45) is 10.9 Å². The van der Waals surface area contributed by atoms with E-state index < -0.39 is 0 Å². The van der Waals surface area contributed by atoms with Gasteiger partial charge in [-0.3, -0.25) is 9.79 Å². The zero-order valence-corrected chi connectivity index (χ0v) is 16.4. The van der Waals surface area contributed by atoms with Gasteiger partial charge in [0.25, 0.3) is 0 Å². The molecule has 1 heterocycles. The number of hydrogen-bond donors (Lipinski definition) is 2. The first-order valence-electron chi connectivity index (χ1n) is 9.42. The number of amides is 1. The quantitative estimate of drug-likeness (QED) is 0.603. The van der Waals surface area contributed by atoms with Crippen LogP contribution in [-0.4, -0.2) is 56.6 Å². The highest BCUT2D eigenvalue weighted by Crippen LogP contribution is 2.20. The number of nitrogens with one attached hydrogen (secondary N) is 2. The van der Waals surface area contributed by atoms with Crippen molar-refractivity contribution < 1.29 is 9.53 Å². The van der Waals surface area contributed by atoms with Crippen LogP contribution in [0.3, 0.4) is 0 Å². The van der Waals surface area contributed by atoms with Crippen LogP contribution in [0.5, 0.6) is 5.75 Å². The van der Waals surface area contributed by atoms with E-state index in [1.807, 2.05) is 25.2 Å². The molecule has 144 valence electrons. The number of guanidine groups is 1. The summed E-state index contributed by atoms with van der Waals surface area (Å²) >= 11 is 0. The molecule has 2 rings (SSSR count). The first kappa shape index (κ1) is 20.1. The third kappa shape index (κ3) is 5.93. The zero-order valence-electron chi connectivity index (χ0n) is 16.4. The number of carbonyl (C=O) groups excluding carboxylic acids is 1. The molecular weight excluding hydrogens is 328 g/mol. The van der Waals surface area contributed by atoms with E-state index in [0.29, 0.717) is 18.9 Å². The van der Waals surface area contributed by atoms with Crippen LogP contribution >= 0.6 is 0 Å². The van der Waals surface area contributed by atoms with Crippen LogP contribution < -0.4 is 15.4 Å². The van der Waals surface area contributed by atoms with Crippen molar-refractivity contribution in [1.29, 1.82) is 0 Å². The zero-order chi connectivity index (χ0) is 18.9. The largest absolute Gasteiger partial charge is 0.489 e. The summed E-state index contributed by atoms with van der Waals surface area (Å²) in [4.78, 5) is 18.2. The smallest absolute Gasteiger partial charge is 0.220 e. The molecule has 1 atom stereocenters. The molecule has 0 radical (unpaired) electrons. The van der Waals surface area contributed by atoms with E-state index in [0.717, 1.165) is 43.2 Å². The molecule has 0 saturated carbocycles. The van der Waals surface area contributed by atoms with Gasteiger partial charge in [-0.2, -0.15) is 0 Å². The summed E-state index contributed by atoms with van der Waals surface area (Å²) < 4.78 is 6.02. The average Bonchev–Trinajstić information content (AvgIpc) is 2.65. The first-order chi connectivity index (χ1) is 12.5. The van der Waals surface area contributed by atoms with Crippen molar-refractivity contribution in [3.05, 3.63) is 29.8 Å². The van der Waals surface area contributed by atoms with Gasteiger partial charge in [-0.15, -0.1) is 0 Å². The van der Waals surface area contributed by atoms with Crippen molar-refractivity contribution in [3.63, 3.8) is 0 Å². The summed E-state index contributed by atoms with van der Waals surface area (Å²) in [6, 6.07) is 8.06. The van der Waals surface area contributed by atoms with Crippen LogP contribution in [-0.2, 0) is 4.79 Å². The van der Waals surface area contributed by atoms with Gasteiger partial charge in [0.15, 0.2) is 5.96 Å². The van der Waals surface area contributed by atoms with Gasteiger partial charge in [-0.25, -0.2) is 0 Å². The SMILES string of the molecule is CN=C(NCC(C)Oc1ccccc1C)N1CCC(CC(=O)NC)CC1. The molecular formula is C20H32N4O2. The van der Waals surface area contributed by atoms with Crippen LogP contribution in [0.25, 0.3) is 0 Å². The number of likely N-dealkylation sites (tertiary alicyclic amines) is 1. The standard InChI is InChI=1S/C20H32N4O2/c1-15-7-5-6-8-18(15)26-16(2)14-23-20(22-4)24-11-9-17(10-12-24)13-19(25)21-3/h5-8,16-17H,9-14H2,1-4H3,(H,21,25)(H,22,23). The Hall–Kier alpha value is -2.24. The lowest BCUT2D eigenvalue weighted by Crippen LogP contribution is -2.48. The molecule has 1 amide bonds. The second-order valence-electron chi connectivity index (χ2n) is 6.93. The summed E-state index contributed by atoms with van der Waals surface area (Å²) in [6.45, 7) is 6.65. The number of piperidine rings is 1. The summed E-state index contributed by atoms with van der Waals surface area (Å²) in [7, 11) is 3.51. The van der Waals surface area contributed by atoms with Gasteiger partial charge in [-0.05, 0) is 44.2 Å². The number of aliphatic imine (C=N–C) groups is 1. The van der Waals surface area contributed by atoms with Gasteiger partial charge in [0.1, 0.15) is 11.9 Å². The number of para-hydroxylation sites is 1. The van der Waals surface area contributed by atoms with Crippen LogP contribution in [0.15, 0.2) is 29.3 Å². The average molecular weight is 361 g/mol. The predicted molar refractivity (Wildman–Crippen MR) is 106 cm³/mol. The number of carbonyl (C=O) groups is 1. The molecule has 0 bridgehead atoms. The number of rotatable bonds is 6. The van der Waals surface area contributed by atoms with E-state index in [1.165, 1.54) is 0 Å².